The molecule has 2 aliphatic heterocycles. The number of nitrogens with one attached hydrogen (secondary N) is 1. The number of amides is 1. The maximum absolute atomic E-state index is 12.6. The van der Waals surface area contributed by atoms with E-state index in [1.165, 1.54) is 11.3 Å². The van der Waals surface area contributed by atoms with Crippen molar-refractivity contribution in [3.05, 3.63) is 22.1 Å². The summed E-state index contributed by atoms with van der Waals surface area (Å²) in [5, 5.41) is 12.3. The first-order valence-corrected chi connectivity index (χ1v) is 9.52. The molecule has 4 nitrogen and oxygen atoms in total. The van der Waals surface area contributed by atoms with Crippen LogP contribution in [0, 0.1) is 23.3 Å². The van der Waals surface area contributed by atoms with Crippen LogP contribution in [0.25, 0.3) is 0 Å². The van der Waals surface area contributed by atoms with Gasteiger partial charge in [-0.2, -0.15) is 5.26 Å². The molecule has 2 aliphatic carbocycles. The van der Waals surface area contributed by atoms with E-state index in [0.717, 1.165) is 38.6 Å². The number of carbonyl (C=O) groups excluding carboxylic acids is 1. The smallest absolute Gasteiger partial charge is 0.226 e. The third-order valence-electron chi connectivity index (χ3n) is 5.72. The van der Waals surface area contributed by atoms with E-state index in [2.05, 4.69) is 24.5 Å². The molecule has 1 saturated heterocycles. The van der Waals surface area contributed by atoms with E-state index in [9.17, 15) is 4.79 Å². The number of fused-ring (bicyclic) bond motifs is 2. The Morgan fingerprint density at radius 2 is 2.48 bits per heavy atom. The van der Waals surface area contributed by atoms with E-state index in [-0.39, 0.29) is 16.7 Å². The molecule has 5 heteroatoms. The number of carbonyl (C=O) groups is 1. The Balaban J connectivity index is 1.41. The van der Waals surface area contributed by atoms with Crippen LogP contribution in [0.1, 0.15) is 45.4 Å². The molecule has 0 spiro atoms. The molecule has 0 radical (unpaired) electrons. The zero-order chi connectivity index (χ0) is 16.0. The molecule has 1 amide bonds. The molecule has 0 aromatic rings. The standard InChI is InChI=1S/C18H23N3OS/c1-2-12-4-3-5-14-15-9-18(15,23-16(14)8-12)20-17(22)13-6-7-21(10-13)11-19/h4,13,15H,2-3,5-10H2,1H3,(H,20,22)/t13-,15?,18?/m0/s1. The second-order valence-electron chi connectivity index (χ2n) is 7.15. The SMILES string of the molecule is CCC1=CCCC2=C(C1)SC1(NC(=O)[C@H]3CCN(C#N)C3)CC21. The summed E-state index contributed by atoms with van der Waals surface area (Å²) < 4.78 is 0. The summed E-state index contributed by atoms with van der Waals surface area (Å²) >= 11 is 1.93. The van der Waals surface area contributed by atoms with E-state index in [1.54, 1.807) is 16.0 Å². The topological polar surface area (TPSA) is 56.1 Å². The zero-order valence-electron chi connectivity index (χ0n) is 13.6. The van der Waals surface area contributed by atoms with Crippen molar-refractivity contribution in [2.75, 3.05) is 13.1 Å². The summed E-state index contributed by atoms with van der Waals surface area (Å²) in [6, 6.07) is 0. The number of hydrogen-bond acceptors (Lipinski definition) is 4. The molecule has 2 fully saturated rings. The largest absolute Gasteiger partial charge is 0.340 e. The molecule has 2 unspecified atom stereocenters. The highest BCUT2D eigenvalue weighted by Gasteiger charge is 2.62. The Kier molecular flexibility index (Phi) is 3.68. The predicted octanol–water partition coefficient (Wildman–Crippen LogP) is 3.14. The summed E-state index contributed by atoms with van der Waals surface area (Å²) in [6.45, 7) is 3.54. The number of rotatable bonds is 3. The molecule has 122 valence electrons. The van der Waals surface area contributed by atoms with E-state index >= 15 is 0 Å². The lowest BCUT2D eigenvalue weighted by molar-refractivity contribution is -0.124. The minimum atomic E-state index is -0.0436. The van der Waals surface area contributed by atoms with Crippen molar-refractivity contribution in [1.29, 1.82) is 5.26 Å². The normalized spacial score (nSPS) is 35.1. The van der Waals surface area contributed by atoms with E-state index in [1.807, 2.05) is 11.8 Å². The van der Waals surface area contributed by atoms with Crippen LogP contribution in [-0.2, 0) is 4.79 Å². The first-order chi connectivity index (χ1) is 11.1. The Morgan fingerprint density at radius 1 is 1.61 bits per heavy atom. The number of thioether (sulfide) groups is 1. The highest BCUT2D eigenvalue weighted by atomic mass is 32.2. The molecule has 4 rings (SSSR count). The van der Waals surface area contributed by atoms with Gasteiger partial charge in [-0.3, -0.25) is 4.79 Å². The summed E-state index contributed by atoms with van der Waals surface area (Å²) in [5.74, 6) is 0.698. The molecule has 2 heterocycles. The number of likely N-dealkylation sites (tertiary alicyclic amines) is 1. The zero-order valence-corrected chi connectivity index (χ0v) is 14.4. The maximum atomic E-state index is 12.6. The van der Waals surface area contributed by atoms with Crippen molar-refractivity contribution in [2.45, 2.75) is 50.3 Å². The summed E-state index contributed by atoms with van der Waals surface area (Å²) in [5.41, 5.74) is 3.16. The third-order valence-corrected chi connectivity index (χ3v) is 7.29. The molecule has 3 atom stereocenters. The quantitative estimate of drug-likeness (QED) is 0.638. The van der Waals surface area contributed by atoms with Gasteiger partial charge in [0.25, 0.3) is 0 Å². The fourth-order valence-corrected chi connectivity index (χ4v) is 5.98. The molecule has 23 heavy (non-hydrogen) atoms. The second kappa shape index (κ2) is 5.59. The van der Waals surface area contributed by atoms with Crippen LogP contribution < -0.4 is 5.32 Å². The minimum absolute atomic E-state index is 0.0163. The molecular formula is C18H23N3OS. The monoisotopic (exact) mass is 329 g/mol. The van der Waals surface area contributed by atoms with Gasteiger partial charge in [0.05, 0.1) is 10.8 Å². The Morgan fingerprint density at radius 3 is 3.22 bits per heavy atom. The molecule has 1 N–H and O–H groups in total. The first-order valence-electron chi connectivity index (χ1n) is 8.70. The van der Waals surface area contributed by atoms with Gasteiger partial charge < -0.3 is 10.2 Å². The molecule has 0 aromatic heterocycles. The lowest BCUT2D eigenvalue weighted by Gasteiger charge is -2.19. The van der Waals surface area contributed by atoms with Crippen LogP contribution in [0.3, 0.4) is 0 Å². The highest BCUT2D eigenvalue weighted by Crippen LogP contribution is 2.67. The Bertz CT molecular complexity index is 647. The number of allylic oxidation sites excluding steroid dienone is 3. The fraction of sp³-hybridized carbons (Fsp3) is 0.667. The molecule has 1 saturated carbocycles. The van der Waals surface area contributed by atoms with Gasteiger partial charge in [0.2, 0.25) is 5.91 Å². The van der Waals surface area contributed by atoms with Gasteiger partial charge in [0, 0.05) is 19.0 Å². The lowest BCUT2D eigenvalue weighted by atomic mass is 10.0. The summed E-state index contributed by atoms with van der Waals surface area (Å²) in [6.07, 6.45) is 11.0. The van der Waals surface area contributed by atoms with Crippen LogP contribution in [-0.4, -0.2) is 28.8 Å². The highest BCUT2D eigenvalue weighted by molar-refractivity contribution is 8.05. The first kappa shape index (κ1) is 15.1. The summed E-state index contributed by atoms with van der Waals surface area (Å²) in [4.78, 5) is 15.8. The minimum Gasteiger partial charge on any atom is -0.340 e. The molecular weight excluding hydrogens is 306 g/mol. The van der Waals surface area contributed by atoms with Gasteiger partial charge in [0.1, 0.15) is 0 Å². The average Bonchev–Trinajstić information content (AvgIpc) is 2.96. The maximum Gasteiger partial charge on any atom is 0.226 e. The van der Waals surface area contributed by atoms with Crippen LogP contribution in [0.15, 0.2) is 22.1 Å². The van der Waals surface area contributed by atoms with Crippen molar-refractivity contribution in [2.24, 2.45) is 11.8 Å². The van der Waals surface area contributed by atoms with Gasteiger partial charge in [-0.1, -0.05) is 24.1 Å². The van der Waals surface area contributed by atoms with Crippen LogP contribution >= 0.6 is 11.8 Å². The van der Waals surface area contributed by atoms with Gasteiger partial charge in [0.15, 0.2) is 6.19 Å². The van der Waals surface area contributed by atoms with E-state index < -0.39 is 0 Å². The van der Waals surface area contributed by atoms with Gasteiger partial charge in [-0.15, -0.1) is 11.8 Å². The van der Waals surface area contributed by atoms with Gasteiger partial charge >= 0.3 is 0 Å². The third kappa shape index (κ3) is 2.57. The Labute approximate surface area is 142 Å². The average molecular weight is 329 g/mol. The van der Waals surface area contributed by atoms with Gasteiger partial charge in [-0.05, 0) is 43.4 Å². The molecule has 0 aromatic carbocycles. The predicted molar refractivity (Wildman–Crippen MR) is 91.1 cm³/mol. The van der Waals surface area contributed by atoms with E-state index in [4.69, 9.17) is 5.26 Å². The lowest BCUT2D eigenvalue weighted by Crippen LogP contribution is -2.40. The number of hydrogen-bond donors (Lipinski definition) is 1. The Hall–Kier alpha value is -1.41. The number of nitriles is 1. The van der Waals surface area contributed by atoms with Crippen molar-refractivity contribution in [1.82, 2.24) is 10.2 Å². The van der Waals surface area contributed by atoms with Crippen molar-refractivity contribution in [3.8, 4) is 6.19 Å². The second-order valence-corrected chi connectivity index (χ2v) is 8.57. The van der Waals surface area contributed by atoms with E-state index in [0.29, 0.717) is 12.5 Å². The number of nitrogens with zero attached hydrogens (tertiary/aromatic N) is 2. The van der Waals surface area contributed by atoms with Crippen molar-refractivity contribution >= 4 is 17.7 Å². The molecule has 4 aliphatic rings. The fourth-order valence-electron chi connectivity index (χ4n) is 4.22. The van der Waals surface area contributed by atoms with Crippen molar-refractivity contribution in [3.63, 3.8) is 0 Å². The van der Waals surface area contributed by atoms with Crippen LogP contribution in [0.5, 0.6) is 0 Å². The van der Waals surface area contributed by atoms with Crippen LogP contribution in [0.4, 0.5) is 0 Å². The molecule has 0 bridgehead atoms. The van der Waals surface area contributed by atoms with Crippen LogP contribution in [0.2, 0.25) is 0 Å². The van der Waals surface area contributed by atoms with Crippen molar-refractivity contribution < 1.29 is 4.79 Å². The summed E-state index contributed by atoms with van der Waals surface area (Å²) in [7, 11) is 0. The van der Waals surface area contributed by atoms with Gasteiger partial charge in [-0.25, -0.2) is 0 Å².